The molecule has 1 saturated carbocycles. The van der Waals surface area contributed by atoms with E-state index in [2.05, 4.69) is 50.0 Å². The molecule has 1 aliphatic rings. The Balaban J connectivity index is 2.00. The fourth-order valence-electron chi connectivity index (χ4n) is 3.74. The van der Waals surface area contributed by atoms with Gasteiger partial charge in [-0.3, -0.25) is 4.68 Å². The lowest BCUT2D eigenvalue weighted by Gasteiger charge is -2.34. The van der Waals surface area contributed by atoms with Crippen molar-refractivity contribution in [2.75, 3.05) is 6.54 Å². The second-order valence-electron chi connectivity index (χ2n) is 6.95. The van der Waals surface area contributed by atoms with Crippen LogP contribution in [-0.4, -0.2) is 22.4 Å². The molecule has 0 aromatic carbocycles. The van der Waals surface area contributed by atoms with Crippen LogP contribution >= 0.6 is 0 Å². The molecule has 1 aliphatic carbocycles. The number of aromatic nitrogens is 2. The molecule has 1 fully saturated rings. The number of nitrogens with one attached hydrogen (secondary N) is 1. The third kappa shape index (κ3) is 4.57. The van der Waals surface area contributed by atoms with Crippen molar-refractivity contribution >= 4 is 0 Å². The van der Waals surface area contributed by atoms with Crippen molar-refractivity contribution in [3.63, 3.8) is 0 Å². The summed E-state index contributed by atoms with van der Waals surface area (Å²) in [5.41, 5.74) is 1.24. The Morgan fingerprint density at radius 3 is 2.76 bits per heavy atom. The molecular weight excluding hydrogens is 258 g/mol. The topological polar surface area (TPSA) is 29.9 Å². The standard InChI is InChI=1S/C18H33N3/c1-5-15-8-7-9-16(12-15)18(19-6-2)13-17-10-11-21(20-17)14(3)4/h10-11,14-16,18-19H,5-9,12-13H2,1-4H3. The first-order valence-electron chi connectivity index (χ1n) is 8.91. The highest BCUT2D eigenvalue weighted by Crippen LogP contribution is 2.33. The van der Waals surface area contributed by atoms with Crippen LogP contribution in [0, 0.1) is 11.8 Å². The quantitative estimate of drug-likeness (QED) is 0.816. The van der Waals surface area contributed by atoms with Crippen LogP contribution in [-0.2, 0) is 6.42 Å². The number of rotatable bonds is 7. The van der Waals surface area contributed by atoms with Gasteiger partial charge in [0.05, 0.1) is 5.69 Å². The van der Waals surface area contributed by atoms with Gasteiger partial charge in [0.15, 0.2) is 0 Å². The first-order chi connectivity index (χ1) is 10.1. The molecule has 0 bridgehead atoms. The monoisotopic (exact) mass is 291 g/mol. The van der Waals surface area contributed by atoms with Gasteiger partial charge in [-0.05, 0) is 51.1 Å². The van der Waals surface area contributed by atoms with Crippen LogP contribution in [0.25, 0.3) is 0 Å². The number of likely N-dealkylation sites (N-methyl/N-ethyl adjacent to an activating group) is 1. The zero-order valence-corrected chi connectivity index (χ0v) is 14.3. The highest BCUT2D eigenvalue weighted by molar-refractivity contribution is 5.03. The number of hydrogen-bond acceptors (Lipinski definition) is 2. The van der Waals surface area contributed by atoms with E-state index >= 15 is 0 Å². The Morgan fingerprint density at radius 2 is 2.14 bits per heavy atom. The molecule has 3 heteroatoms. The van der Waals surface area contributed by atoms with Crippen molar-refractivity contribution in [1.29, 1.82) is 0 Å². The van der Waals surface area contributed by atoms with Gasteiger partial charge < -0.3 is 5.32 Å². The highest BCUT2D eigenvalue weighted by Gasteiger charge is 2.27. The SMILES string of the molecule is CCNC(Cc1ccn(C(C)C)n1)C1CCCC(CC)C1. The summed E-state index contributed by atoms with van der Waals surface area (Å²) in [7, 11) is 0. The van der Waals surface area contributed by atoms with Crippen molar-refractivity contribution in [3.05, 3.63) is 18.0 Å². The molecule has 1 aromatic heterocycles. The van der Waals surface area contributed by atoms with Crippen molar-refractivity contribution in [1.82, 2.24) is 15.1 Å². The minimum absolute atomic E-state index is 0.454. The summed E-state index contributed by atoms with van der Waals surface area (Å²) in [5, 5.41) is 8.48. The van der Waals surface area contributed by atoms with Gasteiger partial charge in [0, 0.05) is 24.7 Å². The van der Waals surface area contributed by atoms with Gasteiger partial charge >= 0.3 is 0 Å². The third-order valence-corrected chi connectivity index (χ3v) is 5.06. The van der Waals surface area contributed by atoms with E-state index in [1.807, 2.05) is 0 Å². The van der Waals surface area contributed by atoms with E-state index in [-0.39, 0.29) is 0 Å². The van der Waals surface area contributed by atoms with Crippen molar-refractivity contribution in [2.45, 2.75) is 78.3 Å². The molecule has 120 valence electrons. The lowest BCUT2D eigenvalue weighted by Crippen LogP contribution is -2.40. The molecule has 3 unspecified atom stereocenters. The summed E-state index contributed by atoms with van der Waals surface area (Å²) < 4.78 is 2.08. The molecule has 0 radical (unpaired) electrons. The minimum Gasteiger partial charge on any atom is -0.314 e. The summed E-state index contributed by atoms with van der Waals surface area (Å²) >= 11 is 0. The summed E-state index contributed by atoms with van der Waals surface area (Å²) in [6.45, 7) is 10.00. The fraction of sp³-hybridized carbons (Fsp3) is 0.833. The van der Waals surface area contributed by atoms with Crippen molar-refractivity contribution < 1.29 is 0 Å². The molecule has 1 aromatic rings. The molecule has 0 amide bonds. The van der Waals surface area contributed by atoms with Crippen molar-refractivity contribution in [3.8, 4) is 0 Å². The molecule has 1 N–H and O–H groups in total. The van der Waals surface area contributed by atoms with E-state index in [4.69, 9.17) is 5.10 Å². The predicted octanol–water partition coefficient (Wildman–Crippen LogP) is 4.20. The van der Waals surface area contributed by atoms with Gasteiger partial charge in [0.1, 0.15) is 0 Å². The first-order valence-corrected chi connectivity index (χ1v) is 8.91. The second kappa shape index (κ2) is 7.98. The van der Waals surface area contributed by atoms with E-state index < -0.39 is 0 Å². The highest BCUT2D eigenvalue weighted by atomic mass is 15.3. The van der Waals surface area contributed by atoms with Gasteiger partial charge in [0.25, 0.3) is 0 Å². The van der Waals surface area contributed by atoms with Crippen LogP contribution in [0.4, 0.5) is 0 Å². The van der Waals surface area contributed by atoms with Crippen LogP contribution in [0.15, 0.2) is 12.3 Å². The molecule has 0 aliphatic heterocycles. The molecule has 0 spiro atoms. The maximum Gasteiger partial charge on any atom is 0.0640 e. The van der Waals surface area contributed by atoms with E-state index in [9.17, 15) is 0 Å². The molecule has 1 heterocycles. The maximum absolute atomic E-state index is 4.74. The van der Waals surface area contributed by atoms with Gasteiger partial charge in [-0.2, -0.15) is 5.10 Å². The van der Waals surface area contributed by atoms with E-state index in [1.54, 1.807) is 0 Å². The van der Waals surface area contributed by atoms with E-state index in [0.717, 1.165) is 24.8 Å². The maximum atomic E-state index is 4.74. The molecule has 3 nitrogen and oxygen atoms in total. The lowest BCUT2D eigenvalue weighted by molar-refractivity contribution is 0.208. The summed E-state index contributed by atoms with van der Waals surface area (Å²) in [4.78, 5) is 0. The van der Waals surface area contributed by atoms with Crippen LogP contribution in [0.2, 0.25) is 0 Å². The van der Waals surface area contributed by atoms with Crippen molar-refractivity contribution in [2.24, 2.45) is 11.8 Å². The molecular formula is C18H33N3. The smallest absolute Gasteiger partial charge is 0.0640 e. The Labute approximate surface area is 130 Å². The number of nitrogens with zero attached hydrogens (tertiary/aromatic N) is 2. The third-order valence-electron chi connectivity index (χ3n) is 5.06. The Morgan fingerprint density at radius 1 is 1.33 bits per heavy atom. The zero-order valence-electron chi connectivity index (χ0n) is 14.3. The second-order valence-corrected chi connectivity index (χ2v) is 6.95. The zero-order chi connectivity index (χ0) is 15.2. The van der Waals surface area contributed by atoms with E-state index in [0.29, 0.717) is 12.1 Å². The van der Waals surface area contributed by atoms with Crippen LogP contribution in [0.3, 0.4) is 0 Å². The Kier molecular flexibility index (Phi) is 6.28. The van der Waals surface area contributed by atoms with E-state index in [1.165, 1.54) is 37.8 Å². The molecule has 2 rings (SSSR count). The number of hydrogen-bond donors (Lipinski definition) is 1. The predicted molar refractivity (Wildman–Crippen MR) is 89.5 cm³/mol. The van der Waals surface area contributed by atoms with Gasteiger partial charge in [-0.25, -0.2) is 0 Å². The van der Waals surface area contributed by atoms with Crippen LogP contribution < -0.4 is 5.32 Å². The molecule has 0 saturated heterocycles. The Bertz CT molecular complexity index is 410. The normalized spacial score (nSPS) is 24.4. The van der Waals surface area contributed by atoms with Crippen LogP contribution in [0.5, 0.6) is 0 Å². The fourth-order valence-corrected chi connectivity index (χ4v) is 3.74. The first kappa shape index (κ1) is 16.5. The Hall–Kier alpha value is -0.830. The molecule has 3 atom stereocenters. The lowest BCUT2D eigenvalue weighted by atomic mass is 9.76. The van der Waals surface area contributed by atoms with Crippen LogP contribution in [0.1, 0.15) is 71.5 Å². The van der Waals surface area contributed by atoms with Gasteiger partial charge in [0.2, 0.25) is 0 Å². The molecule has 21 heavy (non-hydrogen) atoms. The minimum atomic E-state index is 0.454. The largest absolute Gasteiger partial charge is 0.314 e. The van der Waals surface area contributed by atoms with Gasteiger partial charge in [-0.15, -0.1) is 0 Å². The average Bonchev–Trinajstić information content (AvgIpc) is 2.96. The summed E-state index contributed by atoms with van der Waals surface area (Å²) in [6, 6.07) is 3.25. The summed E-state index contributed by atoms with van der Waals surface area (Å²) in [6.07, 6.45) is 10.2. The average molecular weight is 291 g/mol. The summed E-state index contributed by atoms with van der Waals surface area (Å²) in [5.74, 6) is 1.77. The van der Waals surface area contributed by atoms with Gasteiger partial charge in [-0.1, -0.05) is 33.1 Å².